The highest BCUT2D eigenvalue weighted by Gasteiger charge is 2.23. The number of hydrogen-bond donors (Lipinski definition) is 2. The van der Waals surface area contributed by atoms with Crippen molar-refractivity contribution in [3.63, 3.8) is 0 Å². The summed E-state index contributed by atoms with van der Waals surface area (Å²) < 4.78 is 0. The van der Waals surface area contributed by atoms with Crippen molar-refractivity contribution in [1.29, 1.82) is 0 Å². The Morgan fingerprint density at radius 3 is 1.77 bits per heavy atom. The lowest BCUT2D eigenvalue weighted by Gasteiger charge is -2.27. The zero-order chi connectivity index (χ0) is 10.2. The Balaban J connectivity index is 3.84. The molecule has 0 aromatic rings. The predicted molar refractivity (Wildman–Crippen MR) is 57.7 cm³/mol. The van der Waals surface area contributed by atoms with E-state index in [0.29, 0.717) is 6.54 Å². The van der Waals surface area contributed by atoms with Gasteiger partial charge in [0.25, 0.3) is 0 Å². The van der Waals surface area contributed by atoms with Crippen molar-refractivity contribution >= 4 is 0 Å². The second-order valence-corrected chi connectivity index (χ2v) is 3.97. The molecule has 0 aliphatic rings. The Labute approximate surface area is 82.5 Å². The van der Waals surface area contributed by atoms with E-state index in [1.807, 2.05) is 0 Å². The molecular formula is C11H25NO. The molecule has 0 aromatic carbocycles. The molecule has 80 valence electrons. The molecule has 13 heavy (non-hydrogen) atoms. The number of nitrogens with two attached hydrogens (primary N) is 1. The summed E-state index contributed by atoms with van der Waals surface area (Å²) in [5, 5.41) is 10.2. The first-order chi connectivity index (χ1) is 6.18. The maximum atomic E-state index is 10.2. The van der Waals surface area contributed by atoms with E-state index in [0.717, 1.165) is 44.9 Å². The molecule has 0 saturated carbocycles. The summed E-state index contributed by atoms with van der Waals surface area (Å²) >= 11 is 0. The van der Waals surface area contributed by atoms with Crippen LogP contribution in [0.1, 0.15) is 58.8 Å². The Hall–Kier alpha value is -0.0800. The summed E-state index contributed by atoms with van der Waals surface area (Å²) in [5.74, 6) is 0. The van der Waals surface area contributed by atoms with Gasteiger partial charge in [0.2, 0.25) is 0 Å². The molecule has 2 nitrogen and oxygen atoms in total. The van der Waals surface area contributed by atoms with Gasteiger partial charge in [-0.3, -0.25) is 0 Å². The molecule has 0 aliphatic carbocycles. The molecule has 0 aliphatic heterocycles. The minimum atomic E-state index is -0.471. The van der Waals surface area contributed by atoms with Crippen molar-refractivity contribution in [3.05, 3.63) is 0 Å². The van der Waals surface area contributed by atoms with Crippen molar-refractivity contribution < 1.29 is 5.11 Å². The summed E-state index contributed by atoms with van der Waals surface area (Å²) in [6, 6.07) is 0. The van der Waals surface area contributed by atoms with E-state index in [9.17, 15) is 5.11 Å². The van der Waals surface area contributed by atoms with Crippen LogP contribution in [0, 0.1) is 0 Å². The lowest BCUT2D eigenvalue weighted by molar-refractivity contribution is 0.0126. The van der Waals surface area contributed by atoms with Gasteiger partial charge in [-0.15, -0.1) is 0 Å². The molecule has 0 aromatic heterocycles. The molecule has 0 bridgehead atoms. The van der Waals surface area contributed by atoms with Crippen molar-refractivity contribution in [2.24, 2.45) is 5.73 Å². The number of hydrogen-bond acceptors (Lipinski definition) is 2. The minimum Gasteiger partial charge on any atom is -0.390 e. The summed E-state index contributed by atoms with van der Waals surface area (Å²) in [6.45, 7) is 4.91. The summed E-state index contributed by atoms with van der Waals surface area (Å²) in [5.41, 5.74) is 5.03. The normalized spacial score (nSPS) is 12.0. The maximum absolute atomic E-state index is 10.2. The van der Waals surface area contributed by atoms with Crippen LogP contribution in [0.15, 0.2) is 0 Å². The summed E-state index contributed by atoms with van der Waals surface area (Å²) in [4.78, 5) is 0. The Bertz CT molecular complexity index is 107. The lowest BCUT2D eigenvalue weighted by Crippen LogP contribution is -2.31. The van der Waals surface area contributed by atoms with Crippen LogP contribution in [-0.4, -0.2) is 17.3 Å². The highest BCUT2D eigenvalue weighted by Crippen LogP contribution is 2.24. The Kier molecular flexibility index (Phi) is 7.29. The first-order valence-corrected chi connectivity index (χ1v) is 5.61. The second-order valence-electron chi connectivity index (χ2n) is 3.97. The highest BCUT2D eigenvalue weighted by atomic mass is 16.3. The van der Waals surface area contributed by atoms with Gasteiger partial charge in [-0.1, -0.05) is 39.5 Å². The van der Waals surface area contributed by atoms with E-state index in [1.165, 1.54) is 0 Å². The molecule has 0 unspecified atom stereocenters. The van der Waals surface area contributed by atoms with E-state index in [4.69, 9.17) is 5.73 Å². The topological polar surface area (TPSA) is 46.2 Å². The van der Waals surface area contributed by atoms with Gasteiger partial charge in [-0.25, -0.2) is 0 Å². The van der Waals surface area contributed by atoms with Crippen LogP contribution in [0.25, 0.3) is 0 Å². The molecular weight excluding hydrogens is 162 g/mol. The molecule has 0 radical (unpaired) electrons. The van der Waals surface area contributed by atoms with Gasteiger partial charge in [-0.05, 0) is 25.8 Å². The third kappa shape index (κ3) is 6.05. The summed E-state index contributed by atoms with van der Waals surface area (Å²) in [6.07, 6.45) is 7.12. The predicted octanol–water partition coefficient (Wildman–Crippen LogP) is 2.45. The van der Waals surface area contributed by atoms with E-state index >= 15 is 0 Å². The van der Waals surface area contributed by atoms with Crippen LogP contribution in [0.2, 0.25) is 0 Å². The SMILES string of the molecule is CCCCC(O)(CCN)CCCC. The number of rotatable bonds is 8. The Morgan fingerprint density at radius 1 is 1.00 bits per heavy atom. The molecule has 0 fully saturated rings. The van der Waals surface area contributed by atoms with Gasteiger partial charge < -0.3 is 10.8 Å². The first-order valence-electron chi connectivity index (χ1n) is 5.61. The van der Waals surface area contributed by atoms with Crippen LogP contribution < -0.4 is 5.73 Å². The molecule has 2 heteroatoms. The monoisotopic (exact) mass is 187 g/mol. The lowest BCUT2D eigenvalue weighted by atomic mass is 9.88. The quantitative estimate of drug-likeness (QED) is 0.613. The second kappa shape index (κ2) is 7.34. The smallest absolute Gasteiger partial charge is 0.0659 e. The van der Waals surface area contributed by atoms with Crippen molar-refractivity contribution in [1.82, 2.24) is 0 Å². The molecule has 0 spiro atoms. The third-order valence-corrected chi connectivity index (χ3v) is 2.60. The van der Waals surface area contributed by atoms with E-state index < -0.39 is 5.60 Å². The minimum absolute atomic E-state index is 0.471. The number of aliphatic hydroxyl groups is 1. The standard InChI is InChI=1S/C11H25NO/c1-3-5-7-11(13,9-10-12)8-6-4-2/h13H,3-10,12H2,1-2H3. The van der Waals surface area contributed by atoms with Crippen molar-refractivity contribution in [3.8, 4) is 0 Å². The van der Waals surface area contributed by atoms with Gasteiger partial charge in [0.1, 0.15) is 0 Å². The van der Waals surface area contributed by atoms with E-state index in [-0.39, 0.29) is 0 Å². The van der Waals surface area contributed by atoms with Gasteiger partial charge >= 0.3 is 0 Å². The molecule has 3 N–H and O–H groups in total. The van der Waals surface area contributed by atoms with Crippen LogP contribution in [0.4, 0.5) is 0 Å². The molecule has 0 heterocycles. The summed E-state index contributed by atoms with van der Waals surface area (Å²) in [7, 11) is 0. The van der Waals surface area contributed by atoms with E-state index in [1.54, 1.807) is 0 Å². The molecule has 0 atom stereocenters. The molecule has 0 saturated heterocycles. The Morgan fingerprint density at radius 2 is 1.46 bits per heavy atom. The largest absolute Gasteiger partial charge is 0.390 e. The molecule has 0 amide bonds. The maximum Gasteiger partial charge on any atom is 0.0659 e. The van der Waals surface area contributed by atoms with Gasteiger partial charge in [-0.2, -0.15) is 0 Å². The van der Waals surface area contributed by atoms with E-state index in [2.05, 4.69) is 13.8 Å². The van der Waals surface area contributed by atoms with Crippen LogP contribution in [0.3, 0.4) is 0 Å². The highest BCUT2D eigenvalue weighted by molar-refractivity contribution is 4.78. The fourth-order valence-corrected chi connectivity index (χ4v) is 1.66. The van der Waals surface area contributed by atoms with Crippen molar-refractivity contribution in [2.75, 3.05) is 6.54 Å². The fraction of sp³-hybridized carbons (Fsp3) is 1.00. The van der Waals surface area contributed by atoms with Crippen LogP contribution in [-0.2, 0) is 0 Å². The fourth-order valence-electron chi connectivity index (χ4n) is 1.66. The molecule has 0 rings (SSSR count). The number of unbranched alkanes of at least 4 members (excludes halogenated alkanes) is 2. The zero-order valence-corrected chi connectivity index (χ0v) is 9.18. The average Bonchev–Trinajstić information content (AvgIpc) is 2.12. The van der Waals surface area contributed by atoms with Gasteiger partial charge in [0.15, 0.2) is 0 Å². The van der Waals surface area contributed by atoms with Gasteiger partial charge in [0, 0.05) is 0 Å². The van der Waals surface area contributed by atoms with Crippen LogP contribution >= 0.6 is 0 Å². The average molecular weight is 187 g/mol. The van der Waals surface area contributed by atoms with Crippen LogP contribution in [0.5, 0.6) is 0 Å². The van der Waals surface area contributed by atoms with Crippen molar-refractivity contribution in [2.45, 2.75) is 64.4 Å². The third-order valence-electron chi connectivity index (χ3n) is 2.60. The first kappa shape index (κ1) is 12.9. The van der Waals surface area contributed by atoms with Gasteiger partial charge in [0.05, 0.1) is 5.60 Å². The zero-order valence-electron chi connectivity index (χ0n) is 9.18.